The lowest BCUT2D eigenvalue weighted by Crippen LogP contribution is -2.56. The summed E-state index contributed by atoms with van der Waals surface area (Å²) in [4.78, 5) is 0. The van der Waals surface area contributed by atoms with Crippen LogP contribution < -0.4 is 0 Å². The molecular weight excluding hydrogens is 549 g/mol. The number of hydrogen-bond donors (Lipinski definition) is 0. The Hall–Kier alpha value is -0.790. The SMILES string of the molecule is CCCCCCCCCCCCCCCCOC(C)C(COP1(=O)OC2CCC[N+](C)(C)C2O1)OCc1ccccc1. The third-order valence-corrected chi connectivity index (χ3v) is 10.3. The maximum absolute atomic E-state index is 13.4. The molecule has 5 atom stereocenters. The summed E-state index contributed by atoms with van der Waals surface area (Å²) in [6.45, 7) is 6.47. The van der Waals surface area contributed by atoms with E-state index in [4.69, 9.17) is 23.0 Å². The molecule has 42 heavy (non-hydrogen) atoms. The lowest BCUT2D eigenvalue weighted by molar-refractivity contribution is -0.939. The first-order chi connectivity index (χ1) is 20.3. The van der Waals surface area contributed by atoms with Gasteiger partial charge < -0.3 is 14.0 Å². The number of quaternary nitrogens is 1. The van der Waals surface area contributed by atoms with Crippen molar-refractivity contribution in [3.05, 3.63) is 35.9 Å². The number of likely N-dealkylation sites (N-methyl/N-ethyl adjacent to an activating group) is 1. The van der Waals surface area contributed by atoms with Gasteiger partial charge in [-0.2, -0.15) is 0 Å². The second kappa shape index (κ2) is 19.6. The minimum Gasteiger partial charge on any atom is -0.376 e. The number of unbranched alkanes of at least 4 members (excludes halogenated alkanes) is 13. The smallest absolute Gasteiger partial charge is 0.376 e. The molecule has 0 radical (unpaired) electrons. The molecule has 2 aliphatic heterocycles. The van der Waals surface area contributed by atoms with Gasteiger partial charge in [0, 0.05) is 6.61 Å². The number of rotatable bonds is 23. The Morgan fingerprint density at radius 3 is 2.05 bits per heavy atom. The normalized spacial score (nSPS) is 24.9. The van der Waals surface area contributed by atoms with Crippen LogP contribution in [0.5, 0.6) is 0 Å². The van der Waals surface area contributed by atoms with Crippen molar-refractivity contribution in [1.29, 1.82) is 0 Å². The Kier molecular flexibility index (Phi) is 16.6. The van der Waals surface area contributed by atoms with Crippen molar-refractivity contribution in [3.8, 4) is 0 Å². The minimum absolute atomic E-state index is 0.0941. The first-order valence-corrected chi connectivity index (χ1v) is 18.5. The summed E-state index contributed by atoms with van der Waals surface area (Å²) in [6, 6.07) is 10.1. The number of phosphoric ester groups is 1. The predicted octanol–water partition coefficient (Wildman–Crippen LogP) is 9.19. The highest BCUT2D eigenvalue weighted by molar-refractivity contribution is 7.48. The number of benzene rings is 1. The van der Waals surface area contributed by atoms with Crippen molar-refractivity contribution in [1.82, 2.24) is 0 Å². The van der Waals surface area contributed by atoms with E-state index in [0.717, 1.165) is 31.4 Å². The summed E-state index contributed by atoms with van der Waals surface area (Å²) in [5.74, 6) is 0. The number of likely N-dealkylation sites (tertiary alicyclic amines) is 1. The van der Waals surface area contributed by atoms with Gasteiger partial charge in [0.15, 0.2) is 0 Å². The summed E-state index contributed by atoms with van der Waals surface area (Å²) in [6.07, 6.45) is 19.5. The Morgan fingerprint density at radius 2 is 1.45 bits per heavy atom. The average molecular weight is 611 g/mol. The molecule has 0 aromatic heterocycles. The second-order valence-corrected chi connectivity index (χ2v) is 14.6. The van der Waals surface area contributed by atoms with Gasteiger partial charge in [-0.25, -0.2) is 9.09 Å². The van der Waals surface area contributed by atoms with Crippen LogP contribution >= 0.6 is 7.82 Å². The fourth-order valence-electron chi connectivity index (χ4n) is 6.04. The number of fused-ring (bicyclic) bond motifs is 1. The van der Waals surface area contributed by atoms with Crippen LogP contribution in [0.1, 0.15) is 122 Å². The van der Waals surface area contributed by atoms with E-state index in [1.54, 1.807) is 0 Å². The van der Waals surface area contributed by atoms with Gasteiger partial charge >= 0.3 is 7.82 Å². The van der Waals surface area contributed by atoms with Crippen molar-refractivity contribution in [2.24, 2.45) is 0 Å². The third-order valence-electron chi connectivity index (χ3n) is 8.84. The highest BCUT2D eigenvalue weighted by Crippen LogP contribution is 2.60. The molecule has 8 heteroatoms. The van der Waals surface area contributed by atoms with Crippen LogP contribution in [0.25, 0.3) is 0 Å². The zero-order valence-corrected chi connectivity index (χ0v) is 28.1. The van der Waals surface area contributed by atoms with E-state index >= 15 is 0 Å². The Bertz CT molecular complexity index is 884. The number of piperidine rings is 1. The van der Waals surface area contributed by atoms with Gasteiger partial charge in [0.25, 0.3) is 0 Å². The van der Waals surface area contributed by atoms with Crippen molar-refractivity contribution < 1.29 is 32.1 Å². The molecule has 3 rings (SSSR count). The number of phosphoric acid groups is 1. The Labute approximate surface area is 257 Å². The molecule has 2 heterocycles. The summed E-state index contributed by atoms with van der Waals surface area (Å²) < 4.78 is 44.2. The van der Waals surface area contributed by atoms with Crippen LogP contribution in [0, 0.1) is 0 Å². The van der Waals surface area contributed by atoms with Gasteiger partial charge in [0.05, 0.1) is 40.0 Å². The van der Waals surface area contributed by atoms with Gasteiger partial charge in [-0.15, -0.1) is 0 Å². The van der Waals surface area contributed by atoms with Crippen molar-refractivity contribution in [3.63, 3.8) is 0 Å². The molecule has 7 nitrogen and oxygen atoms in total. The van der Waals surface area contributed by atoms with Crippen LogP contribution in [0.4, 0.5) is 0 Å². The van der Waals surface area contributed by atoms with E-state index in [0.29, 0.717) is 17.7 Å². The number of ether oxygens (including phenoxy) is 2. The first-order valence-electron chi connectivity index (χ1n) is 17.0. The van der Waals surface area contributed by atoms with Crippen LogP contribution in [0.15, 0.2) is 30.3 Å². The maximum Gasteiger partial charge on any atom is 0.480 e. The molecule has 5 unspecified atom stereocenters. The van der Waals surface area contributed by atoms with Crippen LogP contribution in [0.3, 0.4) is 0 Å². The summed E-state index contributed by atoms with van der Waals surface area (Å²) in [5.41, 5.74) is 1.08. The summed E-state index contributed by atoms with van der Waals surface area (Å²) >= 11 is 0. The Morgan fingerprint density at radius 1 is 0.857 bits per heavy atom. The van der Waals surface area contributed by atoms with Gasteiger partial charge in [0.2, 0.25) is 6.23 Å². The molecule has 2 saturated heterocycles. The molecule has 242 valence electrons. The monoisotopic (exact) mass is 610 g/mol. The molecule has 0 spiro atoms. The molecule has 0 N–H and O–H groups in total. The van der Waals surface area contributed by atoms with Crippen molar-refractivity contribution in [2.75, 3.05) is 33.9 Å². The highest BCUT2D eigenvalue weighted by Gasteiger charge is 2.55. The lowest BCUT2D eigenvalue weighted by Gasteiger charge is -2.39. The summed E-state index contributed by atoms with van der Waals surface area (Å²) in [5, 5.41) is 0. The molecule has 2 fully saturated rings. The van der Waals surface area contributed by atoms with Crippen molar-refractivity contribution >= 4 is 7.82 Å². The number of nitrogens with zero attached hydrogens (tertiary/aromatic N) is 1. The van der Waals surface area contributed by atoms with Gasteiger partial charge in [0.1, 0.15) is 12.2 Å². The Balaban J connectivity index is 1.32. The van der Waals surface area contributed by atoms with E-state index in [9.17, 15) is 4.57 Å². The zero-order chi connectivity index (χ0) is 30.1. The highest BCUT2D eigenvalue weighted by atomic mass is 31.2. The predicted molar refractivity (Wildman–Crippen MR) is 170 cm³/mol. The first kappa shape index (κ1) is 35.7. The molecule has 1 aromatic rings. The van der Waals surface area contributed by atoms with Gasteiger partial charge in [-0.05, 0) is 31.7 Å². The van der Waals surface area contributed by atoms with E-state index < -0.39 is 7.82 Å². The quantitative estimate of drug-likeness (QED) is 0.0699. The third kappa shape index (κ3) is 13.1. The average Bonchev–Trinajstić information content (AvgIpc) is 3.33. The molecule has 0 aliphatic carbocycles. The topological polar surface area (TPSA) is 63.2 Å². The molecule has 0 saturated carbocycles. The molecular formula is C34H61NO6P+. The maximum atomic E-state index is 13.4. The minimum atomic E-state index is -3.66. The van der Waals surface area contributed by atoms with Gasteiger partial charge in [-0.1, -0.05) is 121 Å². The summed E-state index contributed by atoms with van der Waals surface area (Å²) in [7, 11) is 0.526. The van der Waals surface area contributed by atoms with E-state index in [2.05, 4.69) is 21.0 Å². The van der Waals surface area contributed by atoms with Crippen molar-refractivity contribution in [2.45, 2.75) is 148 Å². The fraction of sp³-hybridized carbons (Fsp3) is 0.824. The van der Waals surface area contributed by atoms with Crippen LogP contribution in [0.2, 0.25) is 0 Å². The van der Waals surface area contributed by atoms with E-state index in [1.165, 1.54) is 83.5 Å². The van der Waals surface area contributed by atoms with E-state index in [1.807, 2.05) is 37.3 Å². The fourth-order valence-corrected chi connectivity index (χ4v) is 7.74. The van der Waals surface area contributed by atoms with Crippen LogP contribution in [-0.2, 0) is 34.2 Å². The molecule has 0 amide bonds. The number of hydrogen-bond acceptors (Lipinski definition) is 6. The lowest BCUT2D eigenvalue weighted by atomic mass is 10.0. The second-order valence-electron chi connectivity index (χ2n) is 13.0. The molecule has 0 bridgehead atoms. The largest absolute Gasteiger partial charge is 0.480 e. The zero-order valence-electron chi connectivity index (χ0n) is 27.2. The molecule has 1 aromatic carbocycles. The van der Waals surface area contributed by atoms with Crippen LogP contribution in [-0.4, -0.2) is 62.9 Å². The van der Waals surface area contributed by atoms with E-state index in [-0.39, 0.29) is 31.1 Å². The molecule has 2 aliphatic rings. The van der Waals surface area contributed by atoms with Gasteiger partial charge in [-0.3, -0.25) is 9.05 Å². The standard InChI is InChI=1S/C34H61NO6P/c1-5-6-7-8-9-10-11-12-13-14-15-16-17-21-27-37-30(2)33(38-28-31-23-19-18-20-24-31)29-39-42(36)40-32-25-22-26-35(3,4)34(32)41-42/h18-20,23-24,30,32-34H,5-17,21-22,25-29H2,1-4H3/q+1.